The van der Waals surface area contributed by atoms with Gasteiger partial charge in [-0.2, -0.15) is 0 Å². The van der Waals surface area contributed by atoms with E-state index >= 15 is 0 Å². The van der Waals surface area contributed by atoms with Gasteiger partial charge >= 0.3 is 0 Å². The fourth-order valence-corrected chi connectivity index (χ4v) is 1.32. The lowest BCUT2D eigenvalue weighted by molar-refractivity contribution is 0.124. The molecule has 0 aliphatic rings. The number of nitrogens with zero attached hydrogens (tertiary/aromatic N) is 1. The van der Waals surface area contributed by atoms with Gasteiger partial charge in [0.15, 0.2) is 0 Å². The third-order valence-corrected chi connectivity index (χ3v) is 2.03. The predicted octanol–water partition coefficient (Wildman–Crippen LogP) is 2.63. The van der Waals surface area contributed by atoms with E-state index in [1.165, 1.54) is 0 Å². The van der Waals surface area contributed by atoms with E-state index in [0.29, 0.717) is 17.4 Å². The summed E-state index contributed by atoms with van der Waals surface area (Å²) in [5.41, 5.74) is 0.756. The number of ether oxygens (including phenoxy) is 1. The van der Waals surface area contributed by atoms with E-state index in [-0.39, 0.29) is 5.60 Å². The minimum Gasteiger partial charge on any atom is -0.472 e. The van der Waals surface area contributed by atoms with Crippen molar-refractivity contribution in [3.05, 3.63) is 22.8 Å². The Hall–Kier alpha value is -0.800. The summed E-state index contributed by atoms with van der Waals surface area (Å²) in [6, 6.07) is 1.87. The van der Waals surface area contributed by atoms with Gasteiger partial charge < -0.3 is 10.1 Å². The molecule has 1 heterocycles. The first-order valence-electron chi connectivity index (χ1n) is 4.90. The standard InChI is InChI=1S/C11H17ClN2O/c1-11(2,3)15-10-5-8(6-13-4)9(12)7-14-10/h5,7,13H,6H2,1-4H3. The fraction of sp³-hybridized carbons (Fsp3) is 0.545. The zero-order valence-corrected chi connectivity index (χ0v) is 10.4. The molecule has 0 aliphatic carbocycles. The van der Waals surface area contributed by atoms with Gasteiger partial charge in [-0.25, -0.2) is 4.98 Å². The Labute approximate surface area is 95.8 Å². The normalized spacial score (nSPS) is 11.5. The minimum absolute atomic E-state index is 0.238. The van der Waals surface area contributed by atoms with E-state index in [1.54, 1.807) is 6.20 Å². The van der Waals surface area contributed by atoms with Crippen LogP contribution in [0.25, 0.3) is 0 Å². The third-order valence-electron chi connectivity index (χ3n) is 1.69. The molecule has 0 saturated carbocycles. The maximum atomic E-state index is 5.99. The number of rotatable bonds is 3. The highest BCUT2D eigenvalue weighted by atomic mass is 35.5. The molecule has 84 valence electrons. The molecule has 0 spiro atoms. The number of halogens is 1. The van der Waals surface area contributed by atoms with Gasteiger partial charge in [0.05, 0.1) is 5.02 Å². The van der Waals surface area contributed by atoms with Crippen LogP contribution >= 0.6 is 11.6 Å². The Morgan fingerprint density at radius 3 is 2.67 bits per heavy atom. The molecule has 0 radical (unpaired) electrons. The second kappa shape index (κ2) is 4.81. The monoisotopic (exact) mass is 228 g/mol. The van der Waals surface area contributed by atoms with Crippen LogP contribution in [-0.4, -0.2) is 17.6 Å². The zero-order chi connectivity index (χ0) is 11.5. The Morgan fingerprint density at radius 1 is 1.47 bits per heavy atom. The highest BCUT2D eigenvalue weighted by molar-refractivity contribution is 6.31. The Bertz CT molecular complexity index is 334. The van der Waals surface area contributed by atoms with Gasteiger partial charge in [0.2, 0.25) is 5.88 Å². The fourth-order valence-electron chi connectivity index (χ4n) is 1.15. The van der Waals surface area contributed by atoms with Gasteiger partial charge in [0, 0.05) is 18.8 Å². The van der Waals surface area contributed by atoms with E-state index < -0.39 is 0 Å². The first kappa shape index (κ1) is 12.3. The highest BCUT2D eigenvalue weighted by Crippen LogP contribution is 2.21. The third kappa shape index (κ3) is 4.06. The van der Waals surface area contributed by atoms with Crippen LogP contribution in [0.2, 0.25) is 5.02 Å². The Balaban J connectivity index is 2.87. The van der Waals surface area contributed by atoms with E-state index in [2.05, 4.69) is 10.3 Å². The average molecular weight is 229 g/mol. The van der Waals surface area contributed by atoms with Crippen molar-refractivity contribution in [2.45, 2.75) is 32.9 Å². The smallest absolute Gasteiger partial charge is 0.214 e. The van der Waals surface area contributed by atoms with E-state index in [0.717, 1.165) is 5.56 Å². The number of nitrogens with one attached hydrogen (secondary N) is 1. The second-order valence-corrected chi connectivity index (χ2v) is 4.77. The number of hydrogen-bond acceptors (Lipinski definition) is 3. The molecule has 0 saturated heterocycles. The molecule has 1 rings (SSSR count). The topological polar surface area (TPSA) is 34.1 Å². The highest BCUT2D eigenvalue weighted by Gasteiger charge is 2.13. The van der Waals surface area contributed by atoms with Crippen molar-refractivity contribution >= 4 is 11.6 Å². The van der Waals surface area contributed by atoms with Gasteiger partial charge in [-0.1, -0.05) is 11.6 Å². The summed E-state index contributed by atoms with van der Waals surface area (Å²) in [4.78, 5) is 4.12. The molecule has 15 heavy (non-hydrogen) atoms. The summed E-state index contributed by atoms with van der Waals surface area (Å²) in [7, 11) is 1.88. The summed E-state index contributed by atoms with van der Waals surface area (Å²) in [6.07, 6.45) is 1.62. The maximum absolute atomic E-state index is 5.99. The van der Waals surface area contributed by atoms with Crippen LogP contribution in [0.5, 0.6) is 5.88 Å². The van der Waals surface area contributed by atoms with Crippen molar-refractivity contribution in [1.82, 2.24) is 10.3 Å². The van der Waals surface area contributed by atoms with Crippen LogP contribution in [-0.2, 0) is 6.54 Å². The molecule has 0 aliphatic heterocycles. The van der Waals surface area contributed by atoms with Crippen molar-refractivity contribution in [2.75, 3.05) is 7.05 Å². The summed E-state index contributed by atoms with van der Waals surface area (Å²) >= 11 is 5.99. The predicted molar refractivity (Wildman–Crippen MR) is 62.4 cm³/mol. The van der Waals surface area contributed by atoms with Crippen molar-refractivity contribution in [1.29, 1.82) is 0 Å². The quantitative estimate of drug-likeness (QED) is 0.864. The van der Waals surface area contributed by atoms with Crippen molar-refractivity contribution in [2.24, 2.45) is 0 Å². The van der Waals surface area contributed by atoms with Gasteiger partial charge in [-0.05, 0) is 33.4 Å². The molecule has 0 bridgehead atoms. The van der Waals surface area contributed by atoms with Gasteiger partial charge in [0.25, 0.3) is 0 Å². The molecular weight excluding hydrogens is 212 g/mol. The number of aromatic nitrogens is 1. The van der Waals surface area contributed by atoms with Crippen LogP contribution in [0.15, 0.2) is 12.3 Å². The minimum atomic E-state index is -0.238. The summed E-state index contributed by atoms with van der Waals surface area (Å²) in [6.45, 7) is 6.67. The largest absolute Gasteiger partial charge is 0.472 e. The van der Waals surface area contributed by atoms with Crippen LogP contribution in [0.1, 0.15) is 26.3 Å². The molecule has 1 N–H and O–H groups in total. The molecule has 4 heteroatoms. The van der Waals surface area contributed by atoms with Crippen LogP contribution in [0.4, 0.5) is 0 Å². The Morgan fingerprint density at radius 2 is 2.13 bits per heavy atom. The summed E-state index contributed by atoms with van der Waals surface area (Å²) in [5, 5.41) is 3.71. The lowest BCUT2D eigenvalue weighted by Gasteiger charge is -2.20. The lowest BCUT2D eigenvalue weighted by Crippen LogP contribution is -2.23. The number of pyridine rings is 1. The molecule has 1 aromatic heterocycles. The first-order valence-corrected chi connectivity index (χ1v) is 5.28. The SMILES string of the molecule is CNCc1cc(OC(C)(C)C)ncc1Cl. The van der Waals surface area contributed by atoms with E-state index in [9.17, 15) is 0 Å². The van der Waals surface area contributed by atoms with Crippen molar-refractivity contribution in [3.8, 4) is 5.88 Å². The van der Waals surface area contributed by atoms with E-state index in [4.69, 9.17) is 16.3 Å². The number of hydrogen-bond donors (Lipinski definition) is 1. The molecule has 0 unspecified atom stereocenters. The summed E-state index contributed by atoms with van der Waals surface area (Å²) < 4.78 is 5.65. The molecule has 0 fully saturated rings. The average Bonchev–Trinajstić information content (AvgIpc) is 2.09. The van der Waals surface area contributed by atoms with E-state index in [1.807, 2.05) is 33.9 Å². The van der Waals surface area contributed by atoms with Gasteiger partial charge in [-0.15, -0.1) is 0 Å². The van der Waals surface area contributed by atoms with Gasteiger partial charge in [0.1, 0.15) is 5.60 Å². The molecule has 0 atom stereocenters. The Kier molecular flexibility index (Phi) is 3.94. The molecular formula is C11H17ClN2O. The van der Waals surface area contributed by atoms with Crippen molar-refractivity contribution < 1.29 is 4.74 Å². The molecule has 0 aromatic carbocycles. The summed E-state index contributed by atoms with van der Waals surface area (Å²) in [5.74, 6) is 0.608. The van der Waals surface area contributed by atoms with Crippen LogP contribution < -0.4 is 10.1 Å². The van der Waals surface area contributed by atoms with Crippen LogP contribution in [0, 0.1) is 0 Å². The van der Waals surface area contributed by atoms with Crippen molar-refractivity contribution in [3.63, 3.8) is 0 Å². The molecule has 3 nitrogen and oxygen atoms in total. The second-order valence-electron chi connectivity index (χ2n) is 4.36. The molecule has 0 amide bonds. The first-order chi connectivity index (χ1) is 6.92. The molecule has 1 aromatic rings. The van der Waals surface area contributed by atoms with Gasteiger partial charge in [-0.3, -0.25) is 0 Å². The lowest BCUT2D eigenvalue weighted by atomic mass is 10.2. The zero-order valence-electron chi connectivity index (χ0n) is 9.60. The maximum Gasteiger partial charge on any atom is 0.214 e. The van der Waals surface area contributed by atoms with Crippen LogP contribution in [0.3, 0.4) is 0 Å².